The number of nitrogens with one attached hydrogen (secondary N) is 3. The molecule has 0 fully saturated rings. The Morgan fingerprint density at radius 1 is 1.42 bits per heavy atom. The molecule has 1 amide bonds. The Kier molecular flexibility index (Phi) is 6.57. The Morgan fingerprint density at radius 2 is 2.19 bits per heavy atom. The fraction of sp³-hybridized carbons (Fsp3) is 0.188. The molecule has 0 saturated carbocycles. The van der Waals surface area contributed by atoms with Crippen molar-refractivity contribution in [1.29, 1.82) is 0 Å². The summed E-state index contributed by atoms with van der Waals surface area (Å²) >= 11 is 0. The second-order valence-electron chi connectivity index (χ2n) is 5.47. The third-order valence-electron chi connectivity index (χ3n) is 3.12. The molecule has 0 aliphatic rings. The molecule has 1 atom stereocenters. The van der Waals surface area contributed by atoms with Crippen molar-refractivity contribution in [2.75, 3.05) is 22.6 Å². The van der Waals surface area contributed by atoms with Crippen LogP contribution < -0.4 is 32.9 Å². The van der Waals surface area contributed by atoms with Gasteiger partial charge in [0.05, 0.1) is 5.69 Å². The number of hydrogen-bond donors (Lipinski definition) is 6. The number of benzene rings is 1. The van der Waals surface area contributed by atoms with Gasteiger partial charge in [-0.15, -0.1) is 0 Å². The van der Waals surface area contributed by atoms with Gasteiger partial charge in [0.1, 0.15) is 17.6 Å². The Labute approximate surface area is 150 Å². The molecule has 0 radical (unpaired) electrons. The second kappa shape index (κ2) is 9.08. The maximum atomic E-state index is 11.6. The van der Waals surface area contributed by atoms with E-state index in [4.69, 9.17) is 16.9 Å². The molecular formula is C16H22N9O+. The Bertz CT molecular complexity index is 804. The lowest BCUT2D eigenvalue weighted by molar-refractivity contribution is -0.102. The molecule has 2 aromatic rings. The highest BCUT2D eigenvalue weighted by molar-refractivity contribution is 6.13. The zero-order valence-electron chi connectivity index (χ0n) is 14.3. The van der Waals surface area contributed by atoms with Crippen LogP contribution in [0.3, 0.4) is 0 Å². The smallest absolute Gasteiger partial charge is 0.254 e. The van der Waals surface area contributed by atoms with Crippen LogP contribution in [-0.4, -0.2) is 40.9 Å². The highest BCUT2D eigenvalue weighted by Gasteiger charge is 2.13. The second-order valence-corrected chi connectivity index (χ2v) is 5.47. The van der Waals surface area contributed by atoms with Gasteiger partial charge in [-0.3, -0.25) is 15.6 Å². The number of aromatic nitrogens is 2. The zero-order valence-corrected chi connectivity index (χ0v) is 14.3. The Hall–Kier alpha value is -3.53. The van der Waals surface area contributed by atoms with E-state index in [0.717, 1.165) is 5.69 Å². The zero-order chi connectivity index (χ0) is 18.9. The summed E-state index contributed by atoms with van der Waals surface area (Å²) in [5.74, 6) is -0.00798. The van der Waals surface area contributed by atoms with Gasteiger partial charge >= 0.3 is 0 Å². The number of nitrogens with two attached hydrogens (primary N) is 3. The van der Waals surface area contributed by atoms with Gasteiger partial charge in [-0.05, 0) is 25.1 Å². The van der Waals surface area contributed by atoms with Crippen LogP contribution in [0, 0.1) is 0 Å². The summed E-state index contributed by atoms with van der Waals surface area (Å²) in [5.41, 5.74) is 15.5. The number of carbonyl (C=O) groups is 1. The molecule has 9 N–H and O–H groups in total. The van der Waals surface area contributed by atoms with Crippen molar-refractivity contribution < 1.29 is 10.2 Å². The molecule has 0 unspecified atom stereocenters. The summed E-state index contributed by atoms with van der Waals surface area (Å²) in [5, 5.41) is 15.2. The molecular weight excluding hydrogens is 334 g/mol. The molecule has 0 saturated heterocycles. The number of rotatable bonds is 9. The van der Waals surface area contributed by atoms with Gasteiger partial charge in [0.15, 0.2) is 6.21 Å². The number of anilines is 4. The third kappa shape index (κ3) is 5.53. The van der Waals surface area contributed by atoms with Gasteiger partial charge in [-0.25, -0.2) is 4.98 Å². The van der Waals surface area contributed by atoms with E-state index in [1.807, 2.05) is 25.1 Å². The van der Waals surface area contributed by atoms with Gasteiger partial charge in [0.2, 0.25) is 5.95 Å². The Balaban J connectivity index is 2.24. The van der Waals surface area contributed by atoms with Crippen LogP contribution in [0.25, 0.3) is 0 Å². The topological polar surface area (TPSA) is 169 Å². The minimum atomic E-state index is -0.636. The van der Waals surface area contributed by atoms with Gasteiger partial charge < -0.3 is 22.1 Å². The quantitative estimate of drug-likeness (QED) is 0.255. The van der Waals surface area contributed by atoms with Crippen LogP contribution in [0.4, 0.5) is 23.1 Å². The average Bonchev–Trinajstić information content (AvgIpc) is 2.60. The summed E-state index contributed by atoms with van der Waals surface area (Å²) < 4.78 is 0. The van der Waals surface area contributed by atoms with Crippen LogP contribution in [-0.2, 0) is 0 Å². The molecule has 1 aromatic carbocycles. The van der Waals surface area contributed by atoms with E-state index in [1.54, 1.807) is 6.07 Å². The normalized spacial score (nSPS) is 11.8. The average molecular weight is 356 g/mol. The van der Waals surface area contributed by atoms with Crippen LogP contribution in [0.1, 0.15) is 17.3 Å². The predicted octanol–water partition coefficient (Wildman–Crippen LogP) is -0.694. The van der Waals surface area contributed by atoms with E-state index in [2.05, 4.69) is 31.1 Å². The van der Waals surface area contributed by atoms with Crippen molar-refractivity contribution in [2.45, 2.75) is 13.0 Å². The van der Waals surface area contributed by atoms with Gasteiger partial charge in [0, 0.05) is 24.5 Å². The summed E-state index contributed by atoms with van der Waals surface area (Å²) in [7, 11) is 0. The summed E-state index contributed by atoms with van der Waals surface area (Å²) in [4.78, 5) is 20.0. The first-order valence-corrected chi connectivity index (χ1v) is 7.85. The molecule has 1 heterocycles. The number of primary amides is 1. The van der Waals surface area contributed by atoms with Crippen molar-refractivity contribution in [3.05, 3.63) is 36.0 Å². The lowest BCUT2D eigenvalue weighted by atomic mass is 10.2. The third-order valence-corrected chi connectivity index (χ3v) is 3.12. The molecule has 26 heavy (non-hydrogen) atoms. The fourth-order valence-corrected chi connectivity index (χ4v) is 1.95. The van der Waals surface area contributed by atoms with Gasteiger partial charge in [-0.2, -0.15) is 10.1 Å². The monoisotopic (exact) mass is 356 g/mol. The van der Waals surface area contributed by atoms with Gasteiger partial charge in [0.25, 0.3) is 5.91 Å². The molecule has 0 spiro atoms. The van der Waals surface area contributed by atoms with Crippen molar-refractivity contribution in [1.82, 2.24) is 9.97 Å². The van der Waals surface area contributed by atoms with E-state index >= 15 is 0 Å². The minimum Gasteiger partial charge on any atom is -0.365 e. The highest BCUT2D eigenvalue weighted by Crippen LogP contribution is 2.22. The number of nitrogens with zero attached hydrogens (tertiary/aromatic N) is 3. The van der Waals surface area contributed by atoms with Crippen LogP contribution in [0.5, 0.6) is 0 Å². The van der Waals surface area contributed by atoms with Crippen molar-refractivity contribution in [3.8, 4) is 0 Å². The minimum absolute atomic E-state index is 0.0695. The molecule has 1 aromatic heterocycles. The molecule has 0 bridgehead atoms. The van der Waals surface area contributed by atoms with E-state index < -0.39 is 5.91 Å². The molecule has 0 aliphatic carbocycles. The van der Waals surface area contributed by atoms with Crippen LogP contribution >= 0.6 is 0 Å². The largest absolute Gasteiger partial charge is 0.365 e. The van der Waals surface area contributed by atoms with E-state index in [-0.39, 0.29) is 17.4 Å². The molecule has 10 heteroatoms. The Morgan fingerprint density at radius 3 is 2.88 bits per heavy atom. The SMILES string of the molecule is C[C@H](N)CNc1ncc(C(N)=O)c(Nc2cccc(N/N=C\C=[NH2+])c2)n1. The molecule has 136 valence electrons. The molecule has 10 nitrogen and oxygen atoms in total. The van der Waals surface area contributed by atoms with Crippen LogP contribution in [0.2, 0.25) is 0 Å². The first-order chi connectivity index (χ1) is 12.5. The first-order valence-electron chi connectivity index (χ1n) is 7.85. The van der Waals surface area contributed by atoms with Crippen LogP contribution in [0.15, 0.2) is 35.6 Å². The maximum absolute atomic E-state index is 11.6. The summed E-state index contributed by atoms with van der Waals surface area (Å²) in [6.45, 7) is 2.35. The standard InChI is InChI=1S/C16H21N9O/c1-10(18)8-20-16-21-9-13(14(19)26)15(24-16)23-11-3-2-4-12(7-11)25-22-6-5-17/h2-7,9-10,17,25H,8,18H2,1H3,(H2,19,26)(H2,20,21,23,24)/p+1/b17-5?,22-6-/t10-/m0/s1. The maximum Gasteiger partial charge on any atom is 0.254 e. The number of hydrazone groups is 1. The lowest BCUT2D eigenvalue weighted by Gasteiger charge is -2.13. The fourth-order valence-electron chi connectivity index (χ4n) is 1.95. The van der Waals surface area contributed by atoms with Crippen molar-refractivity contribution >= 4 is 41.5 Å². The number of hydrogen-bond acceptors (Lipinski definition) is 8. The van der Waals surface area contributed by atoms with E-state index in [1.165, 1.54) is 18.6 Å². The first kappa shape index (κ1) is 18.8. The van der Waals surface area contributed by atoms with Gasteiger partial charge in [-0.1, -0.05) is 6.07 Å². The lowest BCUT2D eigenvalue weighted by Crippen LogP contribution is -2.30. The number of amides is 1. The predicted molar refractivity (Wildman–Crippen MR) is 103 cm³/mol. The van der Waals surface area contributed by atoms with E-state index in [9.17, 15) is 4.79 Å². The molecule has 0 aliphatic heterocycles. The van der Waals surface area contributed by atoms with E-state index in [0.29, 0.717) is 18.2 Å². The number of carbonyl (C=O) groups excluding carboxylic acids is 1. The summed E-state index contributed by atoms with van der Waals surface area (Å²) in [6.07, 6.45) is 4.10. The molecule has 2 rings (SSSR count). The highest BCUT2D eigenvalue weighted by atomic mass is 16.1. The van der Waals surface area contributed by atoms with Crippen molar-refractivity contribution in [3.63, 3.8) is 0 Å². The van der Waals surface area contributed by atoms with Crippen molar-refractivity contribution in [2.24, 2.45) is 16.6 Å². The summed E-state index contributed by atoms with van der Waals surface area (Å²) in [6, 6.07) is 7.16.